The van der Waals surface area contributed by atoms with Crippen LogP contribution in [0.4, 0.5) is 5.82 Å². The predicted molar refractivity (Wildman–Crippen MR) is 108 cm³/mol. The summed E-state index contributed by atoms with van der Waals surface area (Å²) in [5.41, 5.74) is 1.18. The number of pyridine rings is 1. The molecule has 24 heavy (non-hydrogen) atoms. The average Bonchev–Trinajstić information content (AvgIpc) is 3.12. The van der Waals surface area contributed by atoms with Gasteiger partial charge in [0.1, 0.15) is 5.82 Å². The Hall–Kier alpha value is -1.35. The summed E-state index contributed by atoms with van der Waals surface area (Å²) in [4.78, 5) is 11.2. The van der Waals surface area contributed by atoms with Crippen LogP contribution in [-0.2, 0) is 11.3 Å². The third-order valence-corrected chi connectivity index (χ3v) is 4.20. The van der Waals surface area contributed by atoms with E-state index in [1.165, 1.54) is 5.56 Å². The molecular weight excluding hydrogens is 417 g/mol. The second kappa shape index (κ2) is 9.83. The zero-order chi connectivity index (χ0) is 15.9. The molecule has 132 valence electrons. The first-order valence-corrected chi connectivity index (χ1v) is 8.25. The Kier molecular flexibility index (Phi) is 7.77. The quantitative estimate of drug-likeness (QED) is 0.322. The molecule has 0 aromatic carbocycles. The minimum atomic E-state index is 0. The second-order valence-corrected chi connectivity index (χ2v) is 5.80. The van der Waals surface area contributed by atoms with Crippen molar-refractivity contribution >= 4 is 35.8 Å². The minimum Gasteiger partial charge on any atom is -0.378 e. The molecule has 0 saturated carbocycles. The van der Waals surface area contributed by atoms with Crippen LogP contribution in [0.3, 0.4) is 0 Å². The number of hydrogen-bond acceptors (Lipinski definition) is 4. The fraction of sp³-hybridized carbons (Fsp3) is 0.529. The Morgan fingerprint density at radius 2 is 2.08 bits per heavy atom. The molecule has 7 heteroatoms. The number of halogens is 1. The molecule has 0 spiro atoms. The number of anilines is 1. The van der Waals surface area contributed by atoms with E-state index in [1.54, 1.807) is 0 Å². The van der Waals surface area contributed by atoms with Crippen LogP contribution in [-0.4, -0.2) is 50.3 Å². The van der Waals surface area contributed by atoms with Gasteiger partial charge in [-0.2, -0.15) is 0 Å². The zero-order valence-electron chi connectivity index (χ0n) is 14.1. The Morgan fingerprint density at radius 3 is 2.79 bits per heavy atom. The van der Waals surface area contributed by atoms with Crippen molar-refractivity contribution in [2.75, 3.05) is 38.3 Å². The summed E-state index contributed by atoms with van der Waals surface area (Å²) < 4.78 is 5.43. The molecule has 0 unspecified atom stereocenters. The van der Waals surface area contributed by atoms with Crippen LogP contribution in [0.2, 0.25) is 0 Å². The van der Waals surface area contributed by atoms with Gasteiger partial charge in [0, 0.05) is 44.5 Å². The lowest BCUT2D eigenvalue weighted by Crippen LogP contribution is -2.42. The maximum Gasteiger partial charge on any atom is 0.191 e. The third kappa shape index (κ3) is 5.07. The normalized spacial score (nSPS) is 18.4. The van der Waals surface area contributed by atoms with Gasteiger partial charge in [0.2, 0.25) is 0 Å². The summed E-state index contributed by atoms with van der Waals surface area (Å²) in [5, 5.41) is 6.86. The van der Waals surface area contributed by atoms with Gasteiger partial charge < -0.3 is 20.3 Å². The van der Waals surface area contributed by atoms with Crippen LogP contribution in [0.1, 0.15) is 18.4 Å². The average molecular weight is 443 g/mol. The number of aliphatic imine (C=N–C) groups is 1. The summed E-state index contributed by atoms with van der Waals surface area (Å²) in [6, 6.07) is 4.56. The Balaban J connectivity index is 0.00000208. The van der Waals surface area contributed by atoms with E-state index in [9.17, 15) is 0 Å². The fourth-order valence-corrected chi connectivity index (χ4v) is 2.93. The monoisotopic (exact) mass is 443 g/mol. The van der Waals surface area contributed by atoms with Crippen molar-refractivity contribution in [3.63, 3.8) is 0 Å². The van der Waals surface area contributed by atoms with Gasteiger partial charge in [-0.15, -0.1) is 24.0 Å². The molecule has 0 bridgehead atoms. The molecule has 2 heterocycles. The standard InChI is InChI=1S/C17H25N5O.HI/c1-18-17(21-15-6-2-3-7-15)20-13-14-5-4-8-19-16(14)22-9-11-23-12-10-22;/h2-5,8,15H,6-7,9-13H2,1H3,(H2,18,20,21);1H. The van der Waals surface area contributed by atoms with Gasteiger partial charge in [0.25, 0.3) is 0 Å². The van der Waals surface area contributed by atoms with Gasteiger partial charge in [-0.25, -0.2) is 4.98 Å². The number of guanidine groups is 1. The van der Waals surface area contributed by atoms with E-state index in [-0.39, 0.29) is 24.0 Å². The molecule has 1 saturated heterocycles. The molecule has 1 aliphatic carbocycles. The van der Waals surface area contributed by atoms with Crippen LogP contribution >= 0.6 is 24.0 Å². The summed E-state index contributed by atoms with van der Waals surface area (Å²) in [7, 11) is 1.81. The summed E-state index contributed by atoms with van der Waals surface area (Å²) in [6.45, 7) is 4.03. The molecule has 0 atom stereocenters. The Labute approximate surface area is 160 Å². The highest BCUT2D eigenvalue weighted by atomic mass is 127. The fourth-order valence-electron chi connectivity index (χ4n) is 2.93. The van der Waals surface area contributed by atoms with Gasteiger partial charge in [0.15, 0.2) is 5.96 Å². The van der Waals surface area contributed by atoms with Crippen LogP contribution in [0.15, 0.2) is 35.5 Å². The lowest BCUT2D eigenvalue weighted by atomic mass is 10.2. The highest BCUT2D eigenvalue weighted by Gasteiger charge is 2.16. The maximum atomic E-state index is 5.43. The van der Waals surface area contributed by atoms with Gasteiger partial charge in [0.05, 0.1) is 13.2 Å². The molecule has 1 aliphatic heterocycles. The number of aromatic nitrogens is 1. The van der Waals surface area contributed by atoms with Crippen LogP contribution in [0, 0.1) is 0 Å². The first-order chi connectivity index (χ1) is 11.4. The second-order valence-electron chi connectivity index (χ2n) is 5.80. The first-order valence-electron chi connectivity index (χ1n) is 8.25. The lowest BCUT2D eigenvalue weighted by Gasteiger charge is -2.29. The van der Waals surface area contributed by atoms with E-state index in [2.05, 4.69) is 43.7 Å². The molecule has 0 radical (unpaired) electrons. The number of morpholine rings is 1. The summed E-state index contributed by atoms with van der Waals surface area (Å²) >= 11 is 0. The highest BCUT2D eigenvalue weighted by molar-refractivity contribution is 14.0. The molecule has 6 nitrogen and oxygen atoms in total. The van der Waals surface area contributed by atoms with Gasteiger partial charge in [-0.3, -0.25) is 4.99 Å². The predicted octanol–water partition coefficient (Wildman–Crippen LogP) is 1.92. The molecule has 3 rings (SSSR count). The summed E-state index contributed by atoms with van der Waals surface area (Å²) in [6.07, 6.45) is 8.40. The van der Waals surface area contributed by atoms with Crippen molar-refractivity contribution < 1.29 is 4.74 Å². The number of hydrogen-bond donors (Lipinski definition) is 2. The smallest absolute Gasteiger partial charge is 0.191 e. The van der Waals surface area contributed by atoms with Gasteiger partial charge in [-0.1, -0.05) is 18.2 Å². The van der Waals surface area contributed by atoms with Gasteiger partial charge in [-0.05, 0) is 18.9 Å². The van der Waals surface area contributed by atoms with E-state index >= 15 is 0 Å². The number of rotatable bonds is 4. The Morgan fingerprint density at radius 1 is 1.33 bits per heavy atom. The van der Waals surface area contributed by atoms with Crippen LogP contribution < -0.4 is 15.5 Å². The van der Waals surface area contributed by atoms with Crippen molar-refractivity contribution in [2.45, 2.75) is 25.4 Å². The van der Waals surface area contributed by atoms with Crippen molar-refractivity contribution in [3.8, 4) is 0 Å². The van der Waals surface area contributed by atoms with Crippen LogP contribution in [0.25, 0.3) is 0 Å². The molecule has 1 aromatic rings. The molecule has 2 aliphatic rings. The van der Waals surface area contributed by atoms with Gasteiger partial charge >= 0.3 is 0 Å². The largest absolute Gasteiger partial charge is 0.378 e. The van der Waals surface area contributed by atoms with E-state index in [0.717, 1.165) is 50.9 Å². The minimum absolute atomic E-state index is 0. The lowest BCUT2D eigenvalue weighted by molar-refractivity contribution is 0.122. The first kappa shape index (κ1) is 19.0. The number of nitrogens with zero attached hydrogens (tertiary/aromatic N) is 3. The maximum absolute atomic E-state index is 5.43. The molecular formula is C17H26IN5O. The van der Waals surface area contributed by atoms with Crippen molar-refractivity contribution in [1.82, 2.24) is 15.6 Å². The van der Waals surface area contributed by atoms with Crippen LogP contribution in [0.5, 0.6) is 0 Å². The van der Waals surface area contributed by atoms with E-state index in [4.69, 9.17) is 4.74 Å². The van der Waals surface area contributed by atoms with E-state index in [1.807, 2.05) is 19.3 Å². The van der Waals surface area contributed by atoms with E-state index < -0.39 is 0 Å². The van der Waals surface area contributed by atoms with Crippen molar-refractivity contribution in [1.29, 1.82) is 0 Å². The Bertz CT molecular complexity index is 564. The summed E-state index contributed by atoms with van der Waals surface area (Å²) in [5.74, 6) is 1.89. The van der Waals surface area contributed by atoms with E-state index in [0.29, 0.717) is 12.6 Å². The zero-order valence-corrected chi connectivity index (χ0v) is 16.4. The third-order valence-electron chi connectivity index (χ3n) is 4.20. The van der Waals surface area contributed by atoms with Crippen molar-refractivity contribution in [2.24, 2.45) is 4.99 Å². The number of nitrogens with one attached hydrogen (secondary N) is 2. The number of ether oxygens (including phenoxy) is 1. The SMILES string of the molecule is CN=C(NCc1cccnc1N1CCOCC1)NC1CC=CC1.I. The molecule has 1 aromatic heterocycles. The topological polar surface area (TPSA) is 61.8 Å². The highest BCUT2D eigenvalue weighted by Crippen LogP contribution is 2.18. The molecule has 0 amide bonds. The molecule has 1 fully saturated rings. The van der Waals surface area contributed by atoms with Crippen molar-refractivity contribution in [3.05, 3.63) is 36.0 Å². The molecule has 2 N–H and O–H groups in total.